The first-order chi connectivity index (χ1) is 8.24. The van der Waals surface area contributed by atoms with Gasteiger partial charge in [0.1, 0.15) is 10.3 Å². The van der Waals surface area contributed by atoms with Crippen LogP contribution >= 0.6 is 45.5 Å². The molecule has 0 atom stereocenters. The number of nitrogens with zero attached hydrogens (tertiary/aromatic N) is 1. The lowest BCUT2D eigenvalue weighted by Crippen LogP contribution is -2.05. The van der Waals surface area contributed by atoms with Crippen molar-refractivity contribution < 1.29 is 4.84 Å². The number of fused-ring (bicyclic) bond motifs is 1. The van der Waals surface area contributed by atoms with E-state index in [4.69, 9.17) is 16.4 Å². The van der Waals surface area contributed by atoms with Crippen LogP contribution in [0.25, 0.3) is 10.4 Å². The maximum Gasteiger partial charge on any atom is 0.148 e. The predicted molar refractivity (Wildman–Crippen MR) is 80.1 cm³/mol. The summed E-state index contributed by atoms with van der Waals surface area (Å²) in [6.07, 6.45) is 0. The Morgan fingerprint density at radius 1 is 1.29 bits per heavy atom. The molecule has 3 rings (SSSR count). The van der Waals surface area contributed by atoms with Crippen molar-refractivity contribution in [2.24, 2.45) is 5.16 Å². The first kappa shape index (κ1) is 11.5. The topological polar surface area (TPSA) is 21.6 Å². The van der Waals surface area contributed by atoms with Crippen LogP contribution in [-0.2, 0) is 11.4 Å². The van der Waals surface area contributed by atoms with Gasteiger partial charge in [-0.05, 0) is 46.4 Å². The van der Waals surface area contributed by atoms with Crippen molar-refractivity contribution in [3.8, 4) is 10.4 Å². The lowest BCUT2D eigenvalue weighted by Gasteiger charge is -2.13. The molecule has 0 saturated carbocycles. The standard InChI is InChI=1S/C12H7ClINOS/c13-11-4-3-10(17-11)7-1-2-9-8(5-7)6-16-15-12(9)14/h1-5H,6H2. The Labute approximate surface area is 121 Å². The molecular formula is C12H7ClINOS. The van der Waals surface area contributed by atoms with E-state index in [-0.39, 0.29) is 0 Å². The van der Waals surface area contributed by atoms with Gasteiger partial charge in [0.15, 0.2) is 0 Å². The molecule has 0 aliphatic carbocycles. The minimum atomic E-state index is 0.536. The monoisotopic (exact) mass is 375 g/mol. The Morgan fingerprint density at radius 2 is 2.18 bits per heavy atom. The van der Waals surface area contributed by atoms with Crippen LogP contribution in [0, 0.1) is 0 Å². The predicted octanol–water partition coefficient (Wildman–Crippen LogP) is 4.70. The highest BCUT2D eigenvalue weighted by atomic mass is 127. The molecule has 2 aromatic rings. The summed E-state index contributed by atoms with van der Waals surface area (Å²) in [7, 11) is 0. The van der Waals surface area contributed by atoms with Gasteiger partial charge in [-0.25, -0.2) is 0 Å². The molecular weight excluding hydrogens is 369 g/mol. The quantitative estimate of drug-likeness (QED) is 0.662. The zero-order chi connectivity index (χ0) is 11.8. The Morgan fingerprint density at radius 3 is 2.94 bits per heavy atom. The molecule has 0 unspecified atom stereocenters. The first-order valence-electron chi connectivity index (χ1n) is 4.98. The molecule has 0 bridgehead atoms. The molecule has 17 heavy (non-hydrogen) atoms. The van der Waals surface area contributed by atoms with Crippen LogP contribution in [-0.4, -0.2) is 3.72 Å². The van der Waals surface area contributed by atoms with Gasteiger partial charge in [0.05, 0.1) is 4.34 Å². The molecule has 2 nitrogen and oxygen atoms in total. The van der Waals surface area contributed by atoms with Gasteiger partial charge in [-0.2, -0.15) is 0 Å². The average Bonchev–Trinajstić information content (AvgIpc) is 2.76. The van der Waals surface area contributed by atoms with Crippen LogP contribution in [0.2, 0.25) is 4.34 Å². The summed E-state index contributed by atoms with van der Waals surface area (Å²) in [5.74, 6) is 0. The van der Waals surface area contributed by atoms with E-state index in [2.05, 4.69) is 45.9 Å². The van der Waals surface area contributed by atoms with E-state index >= 15 is 0 Å². The van der Waals surface area contributed by atoms with Crippen molar-refractivity contribution in [1.82, 2.24) is 0 Å². The van der Waals surface area contributed by atoms with Gasteiger partial charge in [-0.3, -0.25) is 0 Å². The first-order valence-corrected chi connectivity index (χ1v) is 7.26. The SMILES string of the molecule is Clc1ccc(-c2ccc3c(c2)CON=C3I)s1. The molecule has 0 radical (unpaired) electrons. The third-order valence-electron chi connectivity index (χ3n) is 2.55. The summed E-state index contributed by atoms with van der Waals surface area (Å²) in [6, 6.07) is 10.3. The number of hydrogen-bond donors (Lipinski definition) is 0. The highest BCUT2D eigenvalue weighted by Crippen LogP contribution is 2.33. The van der Waals surface area contributed by atoms with Crippen molar-refractivity contribution in [1.29, 1.82) is 0 Å². The second kappa shape index (κ2) is 4.59. The van der Waals surface area contributed by atoms with Crippen LogP contribution in [0.1, 0.15) is 11.1 Å². The number of hydrogen-bond acceptors (Lipinski definition) is 3. The fourth-order valence-corrected chi connectivity index (χ4v) is 3.45. The molecule has 1 aliphatic heterocycles. The summed E-state index contributed by atoms with van der Waals surface area (Å²) in [5, 5.41) is 3.96. The van der Waals surface area contributed by atoms with Crippen LogP contribution in [0.5, 0.6) is 0 Å². The minimum absolute atomic E-state index is 0.536. The molecule has 2 heterocycles. The summed E-state index contributed by atoms with van der Waals surface area (Å²) < 4.78 is 1.71. The normalized spacial score (nSPS) is 13.9. The van der Waals surface area contributed by atoms with Crippen LogP contribution < -0.4 is 0 Å². The highest BCUT2D eigenvalue weighted by molar-refractivity contribution is 14.1. The molecule has 0 N–H and O–H groups in total. The van der Waals surface area contributed by atoms with Gasteiger partial charge < -0.3 is 4.84 Å². The number of thiophene rings is 1. The number of halogens is 2. The summed E-state index contributed by atoms with van der Waals surface area (Å²) >= 11 is 9.72. The van der Waals surface area contributed by atoms with E-state index in [0.717, 1.165) is 13.6 Å². The summed E-state index contributed by atoms with van der Waals surface area (Å²) in [6.45, 7) is 0.536. The number of rotatable bonds is 1. The fourth-order valence-electron chi connectivity index (χ4n) is 1.74. The molecule has 0 saturated heterocycles. The summed E-state index contributed by atoms with van der Waals surface area (Å²) in [5.41, 5.74) is 3.50. The van der Waals surface area contributed by atoms with E-state index < -0.39 is 0 Å². The Bertz CT molecular complexity index is 608. The Hall–Kier alpha value is -0.590. The van der Waals surface area contributed by atoms with E-state index in [1.807, 2.05) is 12.1 Å². The summed E-state index contributed by atoms with van der Waals surface area (Å²) in [4.78, 5) is 6.34. The van der Waals surface area contributed by atoms with Crippen molar-refractivity contribution in [3.63, 3.8) is 0 Å². The molecule has 86 valence electrons. The van der Waals surface area contributed by atoms with E-state index in [0.29, 0.717) is 6.61 Å². The molecule has 1 aromatic heterocycles. The van der Waals surface area contributed by atoms with Gasteiger partial charge in [0.2, 0.25) is 0 Å². The van der Waals surface area contributed by atoms with E-state index in [1.165, 1.54) is 16.0 Å². The second-order valence-corrected chi connectivity index (χ2v) is 6.37. The van der Waals surface area contributed by atoms with Crippen molar-refractivity contribution in [2.75, 3.05) is 0 Å². The average molecular weight is 376 g/mol. The maximum absolute atomic E-state index is 5.95. The van der Waals surface area contributed by atoms with Crippen LogP contribution in [0.4, 0.5) is 0 Å². The lowest BCUT2D eigenvalue weighted by molar-refractivity contribution is 0.127. The van der Waals surface area contributed by atoms with Gasteiger partial charge in [-0.15, -0.1) is 11.3 Å². The molecule has 0 spiro atoms. The number of oxime groups is 1. The molecule has 0 amide bonds. The molecule has 5 heteroatoms. The fraction of sp³-hybridized carbons (Fsp3) is 0.0833. The van der Waals surface area contributed by atoms with Crippen LogP contribution in [0.15, 0.2) is 35.5 Å². The van der Waals surface area contributed by atoms with Crippen molar-refractivity contribution in [3.05, 3.63) is 45.8 Å². The highest BCUT2D eigenvalue weighted by Gasteiger charge is 2.14. The Balaban J connectivity index is 2.07. The molecule has 1 aromatic carbocycles. The maximum atomic E-state index is 5.95. The third-order valence-corrected chi connectivity index (χ3v) is 4.61. The zero-order valence-corrected chi connectivity index (χ0v) is 12.3. The minimum Gasteiger partial charge on any atom is -0.390 e. The Kier molecular flexibility index (Phi) is 3.10. The van der Waals surface area contributed by atoms with Gasteiger partial charge in [0, 0.05) is 16.0 Å². The second-order valence-electron chi connectivity index (χ2n) is 3.63. The van der Waals surface area contributed by atoms with Crippen molar-refractivity contribution in [2.45, 2.75) is 6.61 Å². The van der Waals surface area contributed by atoms with Gasteiger partial charge in [0.25, 0.3) is 0 Å². The zero-order valence-electron chi connectivity index (χ0n) is 8.61. The van der Waals surface area contributed by atoms with E-state index in [1.54, 1.807) is 11.3 Å². The van der Waals surface area contributed by atoms with Gasteiger partial charge >= 0.3 is 0 Å². The smallest absolute Gasteiger partial charge is 0.148 e. The molecule has 1 aliphatic rings. The van der Waals surface area contributed by atoms with Gasteiger partial charge in [-0.1, -0.05) is 28.9 Å². The molecule has 0 fully saturated rings. The largest absolute Gasteiger partial charge is 0.390 e. The third kappa shape index (κ3) is 2.21. The van der Waals surface area contributed by atoms with Crippen LogP contribution in [0.3, 0.4) is 0 Å². The lowest BCUT2D eigenvalue weighted by atomic mass is 10.0. The number of benzene rings is 1. The van der Waals surface area contributed by atoms with Crippen molar-refractivity contribution >= 4 is 49.2 Å². The van der Waals surface area contributed by atoms with E-state index in [9.17, 15) is 0 Å².